The van der Waals surface area contributed by atoms with Gasteiger partial charge in [0.25, 0.3) is 5.91 Å². The zero-order chi connectivity index (χ0) is 13.9. The molecule has 1 aliphatic rings. The van der Waals surface area contributed by atoms with Gasteiger partial charge in [-0.05, 0) is 36.8 Å². The van der Waals surface area contributed by atoms with Crippen molar-refractivity contribution < 1.29 is 4.79 Å². The zero-order valence-corrected chi connectivity index (χ0v) is 12.8. The Bertz CT molecular complexity index is 622. The molecule has 1 aliphatic carbocycles. The summed E-state index contributed by atoms with van der Waals surface area (Å²) < 4.78 is 0. The summed E-state index contributed by atoms with van der Waals surface area (Å²) in [5.41, 5.74) is 1.82. The third-order valence-corrected chi connectivity index (χ3v) is 4.71. The molecule has 20 heavy (non-hydrogen) atoms. The fourth-order valence-corrected chi connectivity index (χ4v) is 3.34. The SMILES string of the molecule is CSCc1cccc(C(=O)Nc2nnc(C3CC3)s2)c1. The van der Waals surface area contributed by atoms with Crippen LogP contribution in [0.5, 0.6) is 0 Å². The Labute approximate surface area is 126 Å². The lowest BCUT2D eigenvalue weighted by molar-refractivity contribution is 0.102. The lowest BCUT2D eigenvalue weighted by Crippen LogP contribution is -2.11. The molecule has 1 N–H and O–H groups in total. The second-order valence-corrected chi connectivity index (χ2v) is 6.68. The topological polar surface area (TPSA) is 54.9 Å². The number of amides is 1. The van der Waals surface area contributed by atoms with E-state index >= 15 is 0 Å². The van der Waals surface area contributed by atoms with Gasteiger partial charge >= 0.3 is 0 Å². The first-order valence-corrected chi connectivity index (χ1v) is 8.70. The summed E-state index contributed by atoms with van der Waals surface area (Å²) >= 11 is 3.22. The van der Waals surface area contributed by atoms with Gasteiger partial charge in [0, 0.05) is 17.2 Å². The molecule has 3 rings (SSSR count). The molecule has 2 aromatic rings. The minimum atomic E-state index is -0.119. The van der Waals surface area contributed by atoms with Crippen LogP contribution in [0.15, 0.2) is 24.3 Å². The van der Waals surface area contributed by atoms with Gasteiger partial charge < -0.3 is 0 Å². The van der Waals surface area contributed by atoms with Crippen LogP contribution in [0.2, 0.25) is 0 Å². The van der Waals surface area contributed by atoms with Crippen LogP contribution in [0, 0.1) is 0 Å². The van der Waals surface area contributed by atoms with E-state index < -0.39 is 0 Å². The molecular formula is C14H15N3OS2. The van der Waals surface area contributed by atoms with Crippen LogP contribution in [-0.2, 0) is 5.75 Å². The smallest absolute Gasteiger partial charge is 0.257 e. The van der Waals surface area contributed by atoms with Crippen LogP contribution in [-0.4, -0.2) is 22.4 Å². The second kappa shape index (κ2) is 5.93. The fraction of sp³-hybridized carbons (Fsp3) is 0.357. The van der Waals surface area contributed by atoms with Gasteiger partial charge in [-0.2, -0.15) is 11.8 Å². The Morgan fingerprint density at radius 2 is 2.30 bits per heavy atom. The molecule has 104 valence electrons. The third kappa shape index (κ3) is 3.19. The van der Waals surface area contributed by atoms with Crippen molar-refractivity contribution in [1.82, 2.24) is 10.2 Å². The Morgan fingerprint density at radius 3 is 3.05 bits per heavy atom. The summed E-state index contributed by atoms with van der Waals surface area (Å²) in [6.45, 7) is 0. The standard InChI is InChI=1S/C14H15N3OS2/c1-19-8-9-3-2-4-11(7-9)12(18)15-14-17-16-13(20-14)10-5-6-10/h2-4,7,10H,5-6,8H2,1H3,(H,15,17,18). The summed E-state index contributed by atoms with van der Waals surface area (Å²) in [5, 5.41) is 12.6. The first-order chi connectivity index (χ1) is 9.76. The highest BCUT2D eigenvalue weighted by Crippen LogP contribution is 2.42. The molecule has 0 unspecified atom stereocenters. The number of aromatic nitrogens is 2. The maximum atomic E-state index is 12.2. The van der Waals surface area contributed by atoms with Crippen molar-refractivity contribution in [2.24, 2.45) is 0 Å². The molecule has 0 atom stereocenters. The first kappa shape index (κ1) is 13.6. The first-order valence-electron chi connectivity index (χ1n) is 6.49. The quantitative estimate of drug-likeness (QED) is 0.918. The molecule has 1 amide bonds. The summed E-state index contributed by atoms with van der Waals surface area (Å²) in [7, 11) is 0. The predicted molar refractivity (Wildman–Crippen MR) is 83.5 cm³/mol. The van der Waals surface area contributed by atoms with E-state index in [1.807, 2.05) is 30.5 Å². The number of anilines is 1. The summed E-state index contributed by atoms with van der Waals surface area (Å²) in [4.78, 5) is 12.2. The highest BCUT2D eigenvalue weighted by Gasteiger charge is 2.27. The van der Waals surface area contributed by atoms with Crippen LogP contribution in [0.3, 0.4) is 0 Å². The number of hydrogen-bond donors (Lipinski definition) is 1. The maximum Gasteiger partial charge on any atom is 0.257 e. The van der Waals surface area contributed by atoms with Crippen molar-refractivity contribution in [3.8, 4) is 0 Å². The van der Waals surface area contributed by atoms with Crippen LogP contribution in [0.4, 0.5) is 5.13 Å². The fourth-order valence-electron chi connectivity index (χ4n) is 1.92. The van der Waals surface area contributed by atoms with Gasteiger partial charge in [-0.1, -0.05) is 23.5 Å². The van der Waals surface area contributed by atoms with Crippen molar-refractivity contribution in [3.05, 3.63) is 40.4 Å². The van der Waals surface area contributed by atoms with Gasteiger partial charge in [-0.15, -0.1) is 10.2 Å². The molecule has 1 aromatic heterocycles. The predicted octanol–water partition coefficient (Wildman–Crippen LogP) is 3.53. The summed E-state index contributed by atoms with van der Waals surface area (Å²) in [6.07, 6.45) is 4.44. The van der Waals surface area contributed by atoms with E-state index in [0.29, 0.717) is 16.6 Å². The van der Waals surface area contributed by atoms with E-state index in [-0.39, 0.29) is 5.91 Å². The van der Waals surface area contributed by atoms with Gasteiger partial charge in [0.05, 0.1) is 0 Å². The average Bonchev–Trinajstić information content (AvgIpc) is 3.20. The molecular weight excluding hydrogens is 290 g/mol. The lowest BCUT2D eigenvalue weighted by Gasteiger charge is -2.03. The Morgan fingerprint density at radius 1 is 1.45 bits per heavy atom. The van der Waals surface area contributed by atoms with Gasteiger partial charge in [-0.3, -0.25) is 10.1 Å². The minimum absolute atomic E-state index is 0.119. The molecule has 0 bridgehead atoms. The van der Waals surface area contributed by atoms with Crippen LogP contribution in [0.1, 0.15) is 39.7 Å². The average molecular weight is 305 g/mol. The van der Waals surface area contributed by atoms with E-state index in [4.69, 9.17) is 0 Å². The normalized spacial score (nSPS) is 14.2. The highest BCUT2D eigenvalue weighted by molar-refractivity contribution is 7.97. The van der Waals surface area contributed by atoms with Crippen molar-refractivity contribution in [2.75, 3.05) is 11.6 Å². The molecule has 0 aliphatic heterocycles. The van der Waals surface area contributed by atoms with Gasteiger partial charge in [-0.25, -0.2) is 0 Å². The third-order valence-electron chi connectivity index (χ3n) is 3.09. The Balaban J connectivity index is 1.69. The van der Waals surface area contributed by atoms with E-state index in [1.54, 1.807) is 11.8 Å². The minimum Gasteiger partial charge on any atom is -0.296 e. The summed E-state index contributed by atoms with van der Waals surface area (Å²) in [6, 6.07) is 7.69. The van der Waals surface area contributed by atoms with E-state index in [2.05, 4.69) is 15.5 Å². The molecule has 1 aromatic carbocycles. The molecule has 0 radical (unpaired) electrons. The van der Waals surface area contributed by atoms with E-state index in [0.717, 1.165) is 16.3 Å². The second-order valence-electron chi connectivity index (χ2n) is 4.81. The van der Waals surface area contributed by atoms with Crippen molar-refractivity contribution in [1.29, 1.82) is 0 Å². The molecule has 1 saturated carbocycles. The Hall–Kier alpha value is -1.40. The van der Waals surface area contributed by atoms with Gasteiger partial charge in [0.1, 0.15) is 5.01 Å². The van der Waals surface area contributed by atoms with E-state index in [1.165, 1.54) is 24.2 Å². The zero-order valence-electron chi connectivity index (χ0n) is 11.1. The summed E-state index contributed by atoms with van der Waals surface area (Å²) in [5.74, 6) is 1.36. The Kier molecular flexibility index (Phi) is 4.03. The number of rotatable bonds is 5. The molecule has 1 fully saturated rings. The van der Waals surface area contributed by atoms with Crippen LogP contribution < -0.4 is 5.32 Å². The maximum absolute atomic E-state index is 12.2. The monoisotopic (exact) mass is 305 g/mol. The molecule has 6 heteroatoms. The number of hydrogen-bond acceptors (Lipinski definition) is 5. The van der Waals surface area contributed by atoms with E-state index in [9.17, 15) is 4.79 Å². The number of thioether (sulfide) groups is 1. The molecule has 0 spiro atoms. The number of carbonyl (C=O) groups excluding carboxylic acids is 1. The number of carbonyl (C=O) groups is 1. The van der Waals surface area contributed by atoms with Gasteiger partial charge in [0.2, 0.25) is 5.13 Å². The number of nitrogens with zero attached hydrogens (tertiary/aromatic N) is 2. The molecule has 1 heterocycles. The molecule has 4 nitrogen and oxygen atoms in total. The lowest BCUT2D eigenvalue weighted by atomic mass is 10.1. The largest absolute Gasteiger partial charge is 0.296 e. The van der Waals surface area contributed by atoms with Crippen LogP contribution in [0.25, 0.3) is 0 Å². The van der Waals surface area contributed by atoms with Crippen LogP contribution >= 0.6 is 23.1 Å². The molecule has 0 saturated heterocycles. The highest BCUT2D eigenvalue weighted by atomic mass is 32.2. The van der Waals surface area contributed by atoms with Crippen molar-refractivity contribution in [2.45, 2.75) is 24.5 Å². The van der Waals surface area contributed by atoms with Gasteiger partial charge in [0.15, 0.2) is 0 Å². The number of nitrogens with one attached hydrogen (secondary N) is 1. The van der Waals surface area contributed by atoms with Crippen molar-refractivity contribution in [3.63, 3.8) is 0 Å². The van der Waals surface area contributed by atoms with Crippen molar-refractivity contribution >= 4 is 34.1 Å². The number of benzene rings is 1.